The predicted octanol–water partition coefficient (Wildman–Crippen LogP) is 4.18. The van der Waals surface area contributed by atoms with Crippen LogP contribution >= 0.6 is 0 Å². The molecule has 6 unspecified atom stereocenters. The molecule has 4 fully saturated rings. The molecule has 1 aliphatic heterocycles. The van der Waals surface area contributed by atoms with E-state index in [0.717, 1.165) is 63.4 Å². The van der Waals surface area contributed by atoms with Gasteiger partial charge in [-0.1, -0.05) is 13.8 Å². The van der Waals surface area contributed by atoms with Gasteiger partial charge in [-0.2, -0.15) is 0 Å². The van der Waals surface area contributed by atoms with Crippen LogP contribution in [0.4, 0.5) is 0 Å². The third kappa shape index (κ3) is 2.76. The van der Waals surface area contributed by atoms with Crippen LogP contribution in [0.5, 0.6) is 0 Å². The van der Waals surface area contributed by atoms with Crippen LogP contribution in [0.25, 0.3) is 0 Å². The zero-order chi connectivity index (χ0) is 21.3. The number of esters is 2. The Hall–Kier alpha value is -1.36. The van der Waals surface area contributed by atoms with Gasteiger partial charge in [0.05, 0.1) is 5.60 Å². The van der Waals surface area contributed by atoms with Crippen molar-refractivity contribution in [2.45, 2.75) is 90.3 Å². The lowest BCUT2D eigenvalue weighted by molar-refractivity contribution is -0.209. The summed E-state index contributed by atoms with van der Waals surface area (Å²) in [5.74, 6) is 1.29. The van der Waals surface area contributed by atoms with Gasteiger partial charge in [0.15, 0.2) is 0 Å². The topological polar surface area (TPSA) is 72.8 Å². The summed E-state index contributed by atoms with van der Waals surface area (Å²) < 4.78 is 10.8. The molecule has 5 aliphatic rings. The van der Waals surface area contributed by atoms with E-state index in [1.807, 2.05) is 0 Å². The molecule has 30 heavy (non-hydrogen) atoms. The highest BCUT2D eigenvalue weighted by atomic mass is 16.5. The van der Waals surface area contributed by atoms with Gasteiger partial charge in [0, 0.05) is 18.4 Å². The second-order valence-electron chi connectivity index (χ2n) is 11.3. The second kappa shape index (κ2) is 6.82. The highest BCUT2D eigenvalue weighted by Gasteiger charge is 2.67. The maximum Gasteiger partial charge on any atom is 0.331 e. The number of ether oxygens (including phenoxy) is 2. The fourth-order valence-corrected chi connectivity index (χ4v) is 8.71. The summed E-state index contributed by atoms with van der Waals surface area (Å²) in [5.41, 5.74) is 0.485. The Labute approximate surface area is 179 Å². The molecule has 0 aromatic rings. The molecule has 5 rings (SSSR count). The van der Waals surface area contributed by atoms with Crippen molar-refractivity contribution in [3.05, 3.63) is 11.6 Å². The molecule has 0 spiro atoms. The quantitative estimate of drug-likeness (QED) is 0.684. The third-order valence-corrected chi connectivity index (χ3v) is 10.3. The van der Waals surface area contributed by atoms with Crippen molar-refractivity contribution in [1.82, 2.24) is 0 Å². The number of hydrogen-bond donors (Lipinski definition) is 1. The van der Waals surface area contributed by atoms with Gasteiger partial charge in [0.2, 0.25) is 0 Å². The van der Waals surface area contributed by atoms with Crippen LogP contribution in [0.2, 0.25) is 0 Å². The van der Waals surface area contributed by atoms with E-state index in [9.17, 15) is 14.7 Å². The summed E-state index contributed by atoms with van der Waals surface area (Å²) in [6.45, 7) is 6.64. The van der Waals surface area contributed by atoms with Crippen molar-refractivity contribution in [2.24, 2.45) is 34.5 Å². The molecule has 5 heteroatoms. The molecule has 8 atom stereocenters. The van der Waals surface area contributed by atoms with Crippen LogP contribution in [0, 0.1) is 34.5 Å². The van der Waals surface area contributed by atoms with Crippen molar-refractivity contribution < 1.29 is 24.2 Å². The van der Waals surface area contributed by atoms with Crippen LogP contribution in [0.15, 0.2) is 11.6 Å². The summed E-state index contributed by atoms with van der Waals surface area (Å²) in [5, 5.41) is 12.2. The van der Waals surface area contributed by atoms with Crippen molar-refractivity contribution in [1.29, 1.82) is 0 Å². The van der Waals surface area contributed by atoms with Gasteiger partial charge >= 0.3 is 11.9 Å². The molecule has 5 nitrogen and oxygen atoms in total. The zero-order valence-corrected chi connectivity index (χ0v) is 18.6. The molecular formula is C25H36O5. The number of aliphatic hydroxyl groups is 1. The molecule has 0 radical (unpaired) electrons. The Morgan fingerprint density at radius 1 is 1.10 bits per heavy atom. The average molecular weight is 417 g/mol. The lowest BCUT2D eigenvalue weighted by Gasteiger charge is -2.63. The summed E-state index contributed by atoms with van der Waals surface area (Å²) in [4.78, 5) is 23.1. The minimum Gasteiger partial charge on any atom is -0.463 e. The lowest BCUT2D eigenvalue weighted by Crippen LogP contribution is -2.62. The summed E-state index contributed by atoms with van der Waals surface area (Å²) in [6.07, 6.45) is 10.9. The third-order valence-electron chi connectivity index (χ3n) is 10.3. The molecule has 0 bridgehead atoms. The zero-order valence-electron chi connectivity index (χ0n) is 18.6. The predicted molar refractivity (Wildman–Crippen MR) is 111 cm³/mol. The van der Waals surface area contributed by atoms with E-state index in [1.165, 1.54) is 6.92 Å². The fraction of sp³-hybridized carbons (Fsp3) is 0.840. The van der Waals surface area contributed by atoms with Crippen LogP contribution in [0.1, 0.15) is 78.6 Å². The number of cyclic esters (lactones) is 1. The molecule has 0 aromatic carbocycles. The van der Waals surface area contributed by atoms with Gasteiger partial charge in [-0.15, -0.1) is 0 Å². The minimum absolute atomic E-state index is 0.0665. The SMILES string of the molecule is CC(=O)OC1CCC2(C)C(CC[C@@H]3[C@H]2CCC2(C)C(C4=CC(=O)OC4)CCC32O)C1. The Bertz CT molecular complexity index is 788. The van der Waals surface area contributed by atoms with Gasteiger partial charge in [0.25, 0.3) is 0 Å². The number of rotatable bonds is 2. The molecule has 1 heterocycles. The van der Waals surface area contributed by atoms with Crippen molar-refractivity contribution in [2.75, 3.05) is 6.61 Å². The van der Waals surface area contributed by atoms with Gasteiger partial charge < -0.3 is 14.6 Å². The van der Waals surface area contributed by atoms with Crippen LogP contribution in [-0.4, -0.2) is 35.4 Å². The Morgan fingerprint density at radius 2 is 1.90 bits per heavy atom. The first-order valence-electron chi connectivity index (χ1n) is 11.9. The molecule has 4 saturated carbocycles. The largest absolute Gasteiger partial charge is 0.463 e. The van der Waals surface area contributed by atoms with Gasteiger partial charge in [0.1, 0.15) is 12.7 Å². The number of carbonyl (C=O) groups is 2. The summed E-state index contributed by atoms with van der Waals surface area (Å²) in [7, 11) is 0. The van der Waals surface area contributed by atoms with E-state index < -0.39 is 5.60 Å². The second-order valence-corrected chi connectivity index (χ2v) is 11.3. The first kappa shape index (κ1) is 20.5. The van der Waals surface area contributed by atoms with E-state index in [4.69, 9.17) is 9.47 Å². The number of hydrogen-bond acceptors (Lipinski definition) is 5. The van der Waals surface area contributed by atoms with E-state index in [2.05, 4.69) is 13.8 Å². The van der Waals surface area contributed by atoms with E-state index >= 15 is 0 Å². The summed E-state index contributed by atoms with van der Waals surface area (Å²) >= 11 is 0. The molecule has 0 aromatic heterocycles. The highest BCUT2D eigenvalue weighted by Crippen LogP contribution is 2.69. The van der Waals surface area contributed by atoms with E-state index in [-0.39, 0.29) is 34.8 Å². The lowest BCUT2D eigenvalue weighted by atomic mass is 9.43. The van der Waals surface area contributed by atoms with E-state index in [0.29, 0.717) is 24.4 Å². The molecule has 166 valence electrons. The Kier molecular flexibility index (Phi) is 4.67. The van der Waals surface area contributed by atoms with Crippen LogP contribution in [0.3, 0.4) is 0 Å². The number of fused-ring (bicyclic) bond motifs is 5. The molecule has 1 N–H and O–H groups in total. The normalized spacial score (nSPS) is 50.1. The van der Waals surface area contributed by atoms with Crippen molar-refractivity contribution in [3.8, 4) is 0 Å². The first-order chi connectivity index (χ1) is 14.2. The first-order valence-corrected chi connectivity index (χ1v) is 11.9. The Morgan fingerprint density at radius 3 is 2.60 bits per heavy atom. The fourth-order valence-electron chi connectivity index (χ4n) is 8.71. The smallest absolute Gasteiger partial charge is 0.331 e. The molecule has 4 aliphatic carbocycles. The van der Waals surface area contributed by atoms with Crippen molar-refractivity contribution >= 4 is 11.9 Å². The van der Waals surface area contributed by atoms with E-state index in [1.54, 1.807) is 6.08 Å². The number of carbonyl (C=O) groups excluding carboxylic acids is 2. The average Bonchev–Trinajstić information content (AvgIpc) is 3.22. The molecule has 0 saturated heterocycles. The van der Waals surface area contributed by atoms with Gasteiger partial charge in [-0.25, -0.2) is 4.79 Å². The van der Waals surface area contributed by atoms with Crippen LogP contribution in [-0.2, 0) is 19.1 Å². The monoisotopic (exact) mass is 416 g/mol. The minimum atomic E-state index is -0.659. The highest BCUT2D eigenvalue weighted by molar-refractivity contribution is 5.85. The maximum absolute atomic E-state index is 12.2. The van der Waals surface area contributed by atoms with Gasteiger partial charge in [-0.05, 0) is 92.4 Å². The molecule has 0 amide bonds. The Balaban J connectivity index is 1.40. The standard InChI is InChI=1S/C25H36O5/c1-15(26)30-18-6-9-23(2)17(13-18)4-5-21-20(23)7-10-24(3)19(8-11-25(21,24)28)16-12-22(27)29-14-16/h12,17-21,28H,4-11,13-14H2,1-3H3/t17?,18?,19?,20-,21-,23?,24?,25?/m1/s1. The molecular weight excluding hydrogens is 380 g/mol. The summed E-state index contributed by atoms with van der Waals surface area (Å²) in [6, 6.07) is 0. The maximum atomic E-state index is 12.2. The van der Waals surface area contributed by atoms with Crippen molar-refractivity contribution in [3.63, 3.8) is 0 Å². The van der Waals surface area contributed by atoms with Gasteiger partial charge in [-0.3, -0.25) is 4.79 Å². The van der Waals surface area contributed by atoms with Crippen LogP contribution < -0.4 is 0 Å².